The van der Waals surface area contributed by atoms with Crippen LogP contribution in [0.25, 0.3) is 10.9 Å². The summed E-state index contributed by atoms with van der Waals surface area (Å²) in [6.07, 6.45) is 2.09. The van der Waals surface area contributed by atoms with Crippen LogP contribution in [0.15, 0.2) is 60.7 Å². The molecule has 0 bridgehead atoms. The highest BCUT2D eigenvalue weighted by molar-refractivity contribution is 5.98. The zero-order valence-corrected chi connectivity index (χ0v) is 15.0. The number of rotatable bonds is 3. The summed E-state index contributed by atoms with van der Waals surface area (Å²) >= 11 is 0. The van der Waals surface area contributed by atoms with Gasteiger partial charge >= 0.3 is 0 Å². The van der Waals surface area contributed by atoms with Crippen molar-refractivity contribution in [3.8, 4) is 0 Å². The Morgan fingerprint density at radius 3 is 2.73 bits per heavy atom. The summed E-state index contributed by atoms with van der Waals surface area (Å²) in [4.78, 5) is 19.8. The molecule has 1 aliphatic heterocycles. The van der Waals surface area contributed by atoms with E-state index in [9.17, 15) is 4.79 Å². The molecule has 1 N–H and O–H groups in total. The molecule has 3 aromatic rings. The van der Waals surface area contributed by atoms with Crippen molar-refractivity contribution in [2.75, 3.05) is 18.0 Å². The molecule has 4 rings (SSSR count). The van der Waals surface area contributed by atoms with Crippen LogP contribution in [0.3, 0.4) is 0 Å². The van der Waals surface area contributed by atoms with Crippen molar-refractivity contribution in [3.63, 3.8) is 0 Å². The fourth-order valence-electron chi connectivity index (χ4n) is 3.67. The van der Waals surface area contributed by atoms with E-state index in [0.717, 1.165) is 42.5 Å². The van der Waals surface area contributed by atoms with E-state index in [0.29, 0.717) is 5.56 Å². The van der Waals surface area contributed by atoms with Crippen molar-refractivity contribution in [1.29, 1.82) is 0 Å². The number of piperidine rings is 1. The second-order valence-corrected chi connectivity index (χ2v) is 6.91. The number of amides is 1. The second-order valence-electron chi connectivity index (χ2n) is 6.91. The molecule has 1 atom stereocenters. The minimum absolute atomic E-state index is 0.0272. The predicted molar refractivity (Wildman–Crippen MR) is 106 cm³/mol. The minimum atomic E-state index is -0.0272. The third-order valence-electron chi connectivity index (χ3n) is 5.04. The molecule has 26 heavy (non-hydrogen) atoms. The van der Waals surface area contributed by atoms with Gasteiger partial charge in [0, 0.05) is 30.2 Å². The van der Waals surface area contributed by atoms with Crippen molar-refractivity contribution < 1.29 is 4.79 Å². The fraction of sp³-hybridized carbons (Fsp3) is 0.273. The summed E-state index contributed by atoms with van der Waals surface area (Å²) < 4.78 is 0. The van der Waals surface area contributed by atoms with Gasteiger partial charge in [-0.2, -0.15) is 0 Å². The average molecular weight is 345 g/mol. The SMILES string of the molecule is Cc1nc2ccccc2cc1C(=O)N[C@H]1CCCN(c2ccccc2)C1. The molecule has 0 spiro atoms. The summed E-state index contributed by atoms with van der Waals surface area (Å²) in [6, 6.07) is 20.4. The topological polar surface area (TPSA) is 45.2 Å². The standard InChI is InChI=1S/C22H23N3O/c1-16-20(14-17-8-5-6-12-21(17)23-16)22(26)24-18-9-7-13-25(15-18)19-10-3-2-4-11-19/h2-6,8,10-12,14,18H,7,9,13,15H2,1H3,(H,24,26)/t18-/m0/s1. The van der Waals surface area contributed by atoms with Gasteiger partial charge in [0.2, 0.25) is 0 Å². The van der Waals surface area contributed by atoms with Gasteiger partial charge in [0.25, 0.3) is 5.91 Å². The maximum Gasteiger partial charge on any atom is 0.253 e. The average Bonchev–Trinajstić information content (AvgIpc) is 2.68. The number of aromatic nitrogens is 1. The lowest BCUT2D eigenvalue weighted by atomic mass is 10.0. The molecule has 132 valence electrons. The van der Waals surface area contributed by atoms with Crippen LogP contribution in [-0.2, 0) is 0 Å². The summed E-state index contributed by atoms with van der Waals surface area (Å²) in [5.41, 5.74) is 3.59. The lowest BCUT2D eigenvalue weighted by molar-refractivity contribution is 0.0932. The number of hydrogen-bond acceptors (Lipinski definition) is 3. The molecular weight excluding hydrogens is 322 g/mol. The molecule has 0 unspecified atom stereocenters. The highest BCUT2D eigenvalue weighted by Gasteiger charge is 2.23. The number of carbonyl (C=O) groups is 1. The number of nitrogens with zero attached hydrogens (tertiary/aromatic N) is 2. The molecular formula is C22H23N3O. The van der Waals surface area contributed by atoms with E-state index in [2.05, 4.69) is 39.5 Å². The van der Waals surface area contributed by atoms with E-state index in [1.807, 2.05) is 43.3 Å². The Bertz CT molecular complexity index is 923. The Balaban J connectivity index is 1.50. The first kappa shape index (κ1) is 16.6. The molecule has 1 amide bonds. The lowest BCUT2D eigenvalue weighted by Gasteiger charge is -2.34. The van der Waals surface area contributed by atoms with Crippen molar-refractivity contribution >= 4 is 22.5 Å². The van der Waals surface area contributed by atoms with Crippen molar-refractivity contribution in [2.24, 2.45) is 0 Å². The first-order valence-electron chi connectivity index (χ1n) is 9.18. The number of benzene rings is 2. The van der Waals surface area contributed by atoms with E-state index in [4.69, 9.17) is 0 Å². The number of aryl methyl sites for hydroxylation is 1. The number of hydrogen-bond donors (Lipinski definition) is 1. The maximum atomic E-state index is 12.9. The van der Waals surface area contributed by atoms with E-state index < -0.39 is 0 Å². The first-order chi connectivity index (χ1) is 12.7. The molecule has 0 radical (unpaired) electrons. The molecule has 1 fully saturated rings. The van der Waals surface area contributed by atoms with E-state index in [1.165, 1.54) is 5.69 Å². The zero-order chi connectivity index (χ0) is 17.9. The number of anilines is 1. The quantitative estimate of drug-likeness (QED) is 0.782. The van der Waals surface area contributed by atoms with Gasteiger partial charge in [-0.1, -0.05) is 36.4 Å². The Hall–Kier alpha value is -2.88. The van der Waals surface area contributed by atoms with Gasteiger partial charge in [-0.05, 0) is 44.0 Å². The first-order valence-corrected chi connectivity index (χ1v) is 9.18. The Kier molecular flexibility index (Phi) is 4.57. The van der Waals surface area contributed by atoms with Crippen LogP contribution in [-0.4, -0.2) is 30.0 Å². The van der Waals surface area contributed by atoms with Gasteiger partial charge in [0.1, 0.15) is 0 Å². The van der Waals surface area contributed by atoms with Gasteiger partial charge < -0.3 is 10.2 Å². The van der Waals surface area contributed by atoms with Crippen LogP contribution >= 0.6 is 0 Å². The monoisotopic (exact) mass is 345 g/mol. The van der Waals surface area contributed by atoms with Gasteiger partial charge in [-0.25, -0.2) is 0 Å². The fourth-order valence-corrected chi connectivity index (χ4v) is 3.67. The van der Waals surface area contributed by atoms with Crippen LogP contribution in [0.2, 0.25) is 0 Å². The number of fused-ring (bicyclic) bond motifs is 1. The van der Waals surface area contributed by atoms with E-state index >= 15 is 0 Å². The number of para-hydroxylation sites is 2. The predicted octanol–water partition coefficient (Wildman–Crippen LogP) is 3.94. The van der Waals surface area contributed by atoms with Gasteiger partial charge in [0.05, 0.1) is 16.8 Å². The van der Waals surface area contributed by atoms with Crippen molar-refractivity contribution in [1.82, 2.24) is 10.3 Å². The molecule has 4 nitrogen and oxygen atoms in total. The van der Waals surface area contributed by atoms with E-state index in [-0.39, 0.29) is 11.9 Å². The summed E-state index contributed by atoms with van der Waals surface area (Å²) in [7, 11) is 0. The third-order valence-corrected chi connectivity index (χ3v) is 5.04. The van der Waals surface area contributed by atoms with Gasteiger partial charge in [-0.3, -0.25) is 9.78 Å². The molecule has 1 saturated heterocycles. The van der Waals surface area contributed by atoms with Gasteiger partial charge in [0.15, 0.2) is 0 Å². The number of pyridine rings is 1. The molecule has 4 heteroatoms. The minimum Gasteiger partial charge on any atom is -0.369 e. The van der Waals surface area contributed by atoms with Crippen LogP contribution < -0.4 is 10.2 Å². The van der Waals surface area contributed by atoms with Crippen molar-refractivity contribution in [3.05, 3.63) is 71.9 Å². The molecule has 2 heterocycles. The second kappa shape index (κ2) is 7.16. The zero-order valence-electron chi connectivity index (χ0n) is 15.0. The molecule has 1 aliphatic rings. The number of nitrogens with one attached hydrogen (secondary N) is 1. The van der Waals surface area contributed by atoms with E-state index in [1.54, 1.807) is 0 Å². The van der Waals surface area contributed by atoms with Crippen LogP contribution in [0.5, 0.6) is 0 Å². The number of carbonyl (C=O) groups excluding carboxylic acids is 1. The molecule has 1 aromatic heterocycles. The summed E-state index contributed by atoms with van der Waals surface area (Å²) in [5.74, 6) is -0.0272. The third kappa shape index (κ3) is 3.40. The smallest absolute Gasteiger partial charge is 0.253 e. The molecule has 0 saturated carbocycles. The normalized spacial score (nSPS) is 17.3. The maximum absolute atomic E-state index is 12.9. The highest BCUT2D eigenvalue weighted by atomic mass is 16.1. The molecule has 2 aromatic carbocycles. The highest BCUT2D eigenvalue weighted by Crippen LogP contribution is 2.21. The lowest BCUT2D eigenvalue weighted by Crippen LogP contribution is -2.48. The summed E-state index contributed by atoms with van der Waals surface area (Å²) in [5, 5.41) is 4.22. The molecule has 0 aliphatic carbocycles. The van der Waals surface area contributed by atoms with Crippen LogP contribution in [0.4, 0.5) is 5.69 Å². The van der Waals surface area contributed by atoms with Crippen molar-refractivity contribution in [2.45, 2.75) is 25.8 Å². The van der Waals surface area contributed by atoms with Crippen LogP contribution in [0.1, 0.15) is 28.9 Å². The van der Waals surface area contributed by atoms with Gasteiger partial charge in [-0.15, -0.1) is 0 Å². The van der Waals surface area contributed by atoms with Crippen LogP contribution in [0, 0.1) is 6.92 Å². The Morgan fingerprint density at radius 1 is 1.12 bits per heavy atom. The Morgan fingerprint density at radius 2 is 1.88 bits per heavy atom. The Labute approximate surface area is 153 Å². The largest absolute Gasteiger partial charge is 0.369 e. The summed E-state index contributed by atoms with van der Waals surface area (Å²) in [6.45, 7) is 3.78.